The second kappa shape index (κ2) is 18.9. The number of aryl methyl sites for hydroxylation is 4. The van der Waals surface area contributed by atoms with Crippen LogP contribution in [0.2, 0.25) is 10.0 Å². The Labute approximate surface area is 337 Å². The van der Waals surface area contributed by atoms with Crippen LogP contribution in [0.4, 0.5) is 37.7 Å². The molecular formula is C38H46Cl2F6N8O3. The lowest BCUT2D eigenvalue weighted by molar-refractivity contribution is -0.143. The molecule has 11 nitrogen and oxygen atoms in total. The van der Waals surface area contributed by atoms with Gasteiger partial charge in [0.05, 0.1) is 21.4 Å². The Hall–Kier alpha value is -4.48. The molecule has 2 N–H and O–H groups in total. The van der Waals surface area contributed by atoms with Gasteiger partial charge in [0.2, 0.25) is 5.91 Å². The highest BCUT2D eigenvalue weighted by atomic mass is 35.5. The van der Waals surface area contributed by atoms with Gasteiger partial charge in [-0.25, -0.2) is 0 Å². The fourth-order valence-electron chi connectivity index (χ4n) is 6.50. The van der Waals surface area contributed by atoms with Crippen LogP contribution in [0, 0.1) is 41.5 Å². The van der Waals surface area contributed by atoms with Crippen LogP contribution in [0.15, 0.2) is 36.4 Å². The largest absolute Gasteiger partial charge is 0.480 e. The van der Waals surface area contributed by atoms with E-state index < -0.39 is 46.3 Å². The molecule has 2 saturated heterocycles. The van der Waals surface area contributed by atoms with E-state index >= 15 is 0 Å². The molecule has 2 aliphatic heterocycles. The number of halogens is 8. The molecule has 0 aliphatic carbocycles. The average Bonchev–Trinajstić information content (AvgIpc) is 3.58. The fraction of sp³-hybridized carbons (Fsp3) is 0.474. The molecule has 0 spiro atoms. The van der Waals surface area contributed by atoms with E-state index in [0.29, 0.717) is 30.9 Å². The molecule has 0 atom stereocenters. The molecule has 19 heteroatoms. The Morgan fingerprint density at radius 1 is 0.667 bits per heavy atom. The third-order valence-electron chi connectivity index (χ3n) is 9.51. The van der Waals surface area contributed by atoms with Gasteiger partial charge in [0.15, 0.2) is 11.4 Å². The number of hydrogen-bond acceptors (Lipinski definition) is 7. The molecule has 4 aromatic rings. The molecule has 2 fully saturated rings. The van der Waals surface area contributed by atoms with Crippen molar-refractivity contribution in [2.75, 3.05) is 62.2 Å². The van der Waals surface area contributed by atoms with Gasteiger partial charge in [-0.15, -0.1) is 0 Å². The lowest BCUT2D eigenvalue weighted by atomic mass is 10.1. The van der Waals surface area contributed by atoms with Gasteiger partial charge in [0.25, 0.3) is 0 Å². The lowest BCUT2D eigenvalue weighted by Crippen LogP contribution is -2.49. The van der Waals surface area contributed by atoms with Gasteiger partial charge in [-0.2, -0.15) is 36.5 Å². The number of piperazine rings is 2. The third-order valence-corrected chi connectivity index (χ3v) is 10.4. The van der Waals surface area contributed by atoms with E-state index in [4.69, 9.17) is 28.3 Å². The number of aliphatic carboxylic acids is 1. The van der Waals surface area contributed by atoms with Gasteiger partial charge in [0.1, 0.15) is 13.1 Å². The van der Waals surface area contributed by atoms with Crippen LogP contribution < -0.4 is 15.1 Å². The molecular weight excluding hydrogens is 801 g/mol. The van der Waals surface area contributed by atoms with E-state index in [-0.39, 0.29) is 23.8 Å². The second-order valence-electron chi connectivity index (χ2n) is 13.9. The summed E-state index contributed by atoms with van der Waals surface area (Å²) in [6, 6.07) is 13.0. The molecule has 6 rings (SSSR count). The zero-order valence-electron chi connectivity index (χ0n) is 32.5. The van der Waals surface area contributed by atoms with Crippen LogP contribution in [0.25, 0.3) is 0 Å². The van der Waals surface area contributed by atoms with Crippen molar-refractivity contribution >= 4 is 46.5 Å². The highest BCUT2D eigenvalue weighted by molar-refractivity contribution is 6.32. The molecule has 2 aromatic heterocycles. The number of nitrogens with zero attached hydrogens (tertiary/aromatic N) is 7. The van der Waals surface area contributed by atoms with E-state index in [9.17, 15) is 35.9 Å². The van der Waals surface area contributed by atoms with Gasteiger partial charge in [-0.3, -0.25) is 19.0 Å². The van der Waals surface area contributed by atoms with Crippen LogP contribution in [-0.2, 0) is 35.0 Å². The Balaban J connectivity index is 0.000000209. The molecule has 0 saturated carbocycles. The van der Waals surface area contributed by atoms with E-state index in [1.165, 1.54) is 41.8 Å². The Morgan fingerprint density at radius 2 is 1.07 bits per heavy atom. The third kappa shape index (κ3) is 11.8. The highest BCUT2D eigenvalue weighted by Gasteiger charge is 2.39. The molecule has 312 valence electrons. The van der Waals surface area contributed by atoms with Crippen molar-refractivity contribution in [1.82, 2.24) is 29.8 Å². The van der Waals surface area contributed by atoms with Crippen molar-refractivity contribution in [3.63, 3.8) is 0 Å². The van der Waals surface area contributed by atoms with Crippen LogP contribution in [0.1, 0.15) is 45.0 Å². The number of carboxylic acids is 1. The number of aromatic nitrogens is 4. The van der Waals surface area contributed by atoms with Crippen molar-refractivity contribution in [1.29, 1.82) is 0 Å². The van der Waals surface area contributed by atoms with Gasteiger partial charge >= 0.3 is 18.3 Å². The summed E-state index contributed by atoms with van der Waals surface area (Å²) in [6.07, 6.45) is -9.32. The first-order chi connectivity index (χ1) is 26.6. The van der Waals surface area contributed by atoms with E-state index in [1.54, 1.807) is 4.90 Å². The molecule has 0 unspecified atom stereocenters. The van der Waals surface area contributed by atoms with E-state index in [0.717, 1.165) is 36.5 Å². The minimum atomic E-state index is -4.68. The summed E-state index contributed by atoms with van der Waals surface area (Å²) >= 11 is 11.1. The standard InChI is InChI=1S/C19H22ClF3N4O.C12H18N2.C7H6ClF3N2O2/c1-12-4-5-15(13(2)10-12)25-6-8-26(9-7-25)16(28)11-27-14(3)17(20)18(24-27)19(21,22)23;1-10-3-4-12(11(2)9-10)14-7-5-13-6-8-14;1-3-5(8)6(7(9,10)11)12-13(3)2-4(14)15/h4-5,10H,6-9,11H2,1-3H3;3-4,9,13H,5-8H2,1-2H3;2H2,1H3,(H,14,15). The van der Waals surface area contributed by atoms with Crippen LogP contribution >= 0.6 is 23.2 Å². The minimum absolute atomic E-state index is 0.0219. The predicted octanol–water partition coefficient (Wildman–Crippen LogP) is 7.49. The summed E-state index contributed by atoms with van der Waals surface area (Å²) in [4.78, 5) is 29.2. The van der Waals surface area contributed by atoms with E-state index in [1.807, 2.05) is 6.92 Å². The maximum absolute atomic E-state index is 12.9. The number of amides is 1. The molecule has 0 radical (unpaired) electrons. The fourth-order valence-corrected chi connectivity index (χ4v) is 6.98. The second-order valence-corrected chi connectivity index (χ2v) is 14.6. The Bertz CT molecular complexity index is 2040. The number of carbonyl (C=O) groups is 2. The first-order valence-electron chi connectivity index (χ1n) is 18.0. The van der Waals surface area contributed by atoms with Gasteiger partial charge in [-0.05, 0) is 64.8 Å². The molecule has 2 aliphatic rings. The summed E-state index contributed by atoms with van der Waals surface area (Å²) in [7, 11) is 0. The van der Waals surface area contributed by atoms with Crippen LogP contribution in [-0.4, -0.2) is 93.8 Å². The summed E-state index contributed by atoms with van der Waals surface area (Å²) in [5.41, 5.74) is 5.36. The van der Waals surface area contributed by atoms with Crippen molar-refractivity contribution in [2.24, 2.45) is 0 Å². The Morgan fingerprint density at radius 3 is 1.44 bits per heavy atom. The number of hydrogen-bond donors (Lipinski definition) is 2. The summed E-state index contributed by atoms with van der Waals surface area (Å²) in [5.74, 6) is -1.55. The molecule has 0 bridgehead atoms. The number of benzene rings is 2. The first kappa shape index (κ1) is 45.2. The van der Waals surface area contributed by atoms with Crippen molar-refractivity contribution in [3.8, 4) is 0 Å². The summed E-state index contributed by atoms with van der Waals surface area (Å²) < 4.78 is 77.4. The van der Waals surface area contributed by atoms with Crippen molar-refractivity contribution in [2.45, 2.75) is 67.0 Å². The maximum Gasteiger partial charge on any atom is 0.436 e. The number of anilines is 2. The molecule has 2 aromatic carbocycles. The first-order valence-corrected chi connectivity index (χ1v) is 18.8. The Kier molecular flexibility index (Phi) is 15.0. The lowest BCUT2D eigenvalue weighted by Gasteiger charge is -2.37. The maximum atomic E-state index is 12.9. The molecule has 1 amide bonds. The van der Waals surface area contributed by atoms with Crippen molar-refractivity contribution in [3.05, 3.63) is 91.5 Å². The van der Waals surface area contributed by atoms with E-state index in [2.05, 4.69) is 82.5 Å². The quantitative estimate of drug-likeness (QED) is 0.192. The topological polar surface area (TPSA) is 112 Å². The predicted molar refractivity (Wildman–Crippen MR) is 207 cm³/mol. The normalized spacial score (nSPS) is 14.8. The minimum Gasteiger partial charge on any atom is -0.480 e. The highest BCUT2D eigenvalue weighted by Crippen LogP contribution is 2.36. The summed E-state index contributed by atoms with van der Waals surface area (Å²) in [6.45, 7) is 17.1. The smallest absolute Gasteiger partial charge is 0.436 e. The average molecular weight is 848 g/mol. The zero-order valence-corrected chi connectivity index (χ0v) is 34.0. The molecule has 4 heterocycles. The summed E-state index contributed by atoms with van der Waals surface area (Å²) in [5, 5.41) is 17.4. The number of carboxylic acid groups (broad SMARTS) is 1. The molecule has 57 heavy (non-hydrogen) atoms. The zero-order chi connectivity index (χ0) is 42.4. The monoisotopic (exact) mass is 846 g/mol. The SMILES string of the molecule is Cc1c(Cl)c(C(F)(F)F)nn1CC(=O)O.Cc1ccc(N2CCN(C(=O)Cn3nc(C(F)(F)F)c(Cl)c3C)CC2)c(C)c1.Cc1ccc(N2CCNCC2)c(C)c1. The van der Waals surface area contributed by atoms with Crippen molar-refractivity contribution < 1.29 is 41.0 Å². The number of alkyl halides is 6. The van der Waals surface area contributed by atoms with Gasteiger partial charge < -0.3 is 25.1 Å². The van der Waals surface area contributed by atoms with Crippen LogP contribution in [0.3, 0.4) is 0 Å². The number of nitrogens with one attached hydrogen (secondary N) is 1. The number of carbonyl (C=O) groups excluding carboxylic acids is 1. The number of rotatable bonds is 6. The van der Waals surface area contributed by atoms with Gasteiger partial charge in [0, 0.05) is 63.7 Å². The van der Waals surface area contributed by atoms with Crippen LogP contribution in [0.5, 0.6) is 0 Å². The van der Waals surface area contributed by atoms with Gasteiger partial charge in [-0.1, -0.05) is 58.6 Å².